The molecule has 0 aromatic heterocycles. The fourth-order valence-electron chi connectivity index (χ4n) is 2.20. The minimum atomic E-state index is 0.328. The van der Waals surface area contributed by atoms with Gasteiger partial charge in [0.15, 0.2) is 0 Å². The normalized spacial score (nSPS) is 25.1. The maximum atomic E-state index is 5.99. The molecule has 1 aliphatic rings. The Morgan fingerprint density at radius 1 is 1.29 bits per heavy atom. The smallest absolute Gasteiger partial charge is 0.119 e. The maximum absolute atomic E-state index is 5.99. The summed E-state index contributed by atoms with van der Waals surface area (Å²) in [5.41, 5.74) is 7.25. The Balaban J connectivity index is 1.71. The lowest BCUT2D eigenvalue weighted by Crippen LogP contribution is -2.30. The standard InChI is InChI=1S/C14H22N2O/c1-11-3-5-13(6-4-11)17-8-7-16-9-12(2)14(15)10-16/h3-6,12,14H,7-10,15H2,1-2H3. The first-order valence-corrected chi connectivity index (χ1v) is 6.32. The number of ether oxygens (including phenoxy) is 1. The highest BCUT2D eigenvalue weighted by Gasteiger charge is 2.25. The van der Waals surface area contributed by atoms with Gasteiger partial charge in [0.05, 0.1) is 0 Å². The third-order valence-corrected chi connectivity index (χ3v) is 3.44. The van der Waals surface area contributed by atoms with Crippen molar-refractivity contribution in [1.29, 1.82) is 0 Å². The Bertz CT molecular complexity index is 340. The topological polar surface area (TPSA) is 38.5 Å². The number of nitrogens with zero attached hydrogens (tertiary/aromatic N) is 1. The first kappa shape index (κ1) is 12.4. The van der Waals surface area contributed by atoms with Gasteiger partial charge in [-0.15, -0.1) is 0 Å². The summed E-state index contributed by atoms with van der Waals surface area (Å²) in [5, 5.41) is 0. The molecular weight excluding hydrogens is 212 g/mol. The molecule has 1 aliphatic heterocycles. The van der Waals surface area contributed by atoms with Gasteiger partial charge < -0.3 is 10.5 Å². The fourth-order valence-corrected chi connectivity index (χ4v) is 2.20. The van der Waals surface area contributed by atoms with E-state index in [0.29, 0.717) is 12.0 Å². The molecule has 1 aromatic carbocycles. The van der Waals surface area contributed by atoms with Crippen LogP contribution < -0.4 is 10.5 Å². The van der Waals surface area contributed by atoms with E-state index in [2.05, 4.69) is 30.9 Å². The predicted molar refractivity (Wildman–Crippen MR) is 70.3 cm³/mol. The summed E-state index contributed by atoms with van der Waals surface area (Å²) in [6, 6.07) is 8.52. The van der Waals surface area contributed by atoms with Crippen molar-refractivity contribution in [2.24, 2.45) is 11.7 Å². The van der Waals surface area contributed by atoms with E-state index in [0.717, 1.165) is 32.0 Å². The Hall–Kier alpha value is -1.06. The van der Waals surface area contributed by atoms with Crippen LogP contribution in [-0.4, -0.2) is 37.2 Å². The van der Waals surface area contributed by atoms with E-state index in [1.165, 1.54) is 5.56 Å². The van der Waals surface area contributed by atoms with Crippen molar-refractivity contribution in [3.8, 4) is 5.75 Å². The van der Waals surface area contributed by atoms with Gasteiger partial charge in [0.1, 0.15) is 12.4 Å². The molecule has 2 rings (SSSR count). The lowest BCUT2D eigenvalue weighted by molar-refractivity contribution is 0.233. The Labute approximate surface area is 104 Å². The van der Waals surface area contributed by atoms with Gasteiger partial charge in [-0.2, -0.15) is 0 Å². The number of aryl methyl sites for hydroxylation is 1. The van der Waals surface area contributed by atoms with Crippen molar-refractivity contribution < 1.29 is 4.74 Å². The van der Waals surface area contributed by atoms with Crippen molar-refractivity contribution >= 4 is 0 Å². The second-order valence-corrected chi connectivity index (χ2v) is 5.06. The lowest BCUT2D eigenvalue weighted by Gasteiger charge is -2.15. The summed E-state index contributed by atoms with van der Waals surface area (Å²) >= 11 is 0. The highest BCUT2D eigenvalue weighted by atomic mass is 16.5. The average Bonchev–Trinajstić information content (AvgIpc) is 2.61. The number of hydrogen-bond donors (Lipinski definition) is 1. The molecule has 1 saturated heterocycles. The van der Waals surface area contributed by atoms with Crippen LogP contribution in [0.15, 0.2) is 24.3 Å². The van der Waals surface area contributed by atoms with Crippen molar-refractivity contribution in [2.75, 3.05) is 26.2 Å². The molecule has 2 atom stereocenters. The van der Waals surface area contributed by atoms with E-state index >= 15 is 0 Å². The van der Waals surface area contributed by atoms with Gasteiger partial charge in [-0.05, 0) is 25.0 Å². The number of benzene rings is 1. The molecule has 1 aromatic rings. The molecule has 0 saturated carbocycles. The van der Waals surface area contributed by atoms with Crippen LogP contribution in [0.1, 0.15) is 12.5 Å². The maximum Gasteiger partial charge on any atom is 0.119 e. The van der Waals surface area contributed by atoms with E-state index in [4.69, 9.17) is 10.5 Å². The molecule has 2 unspecified atom stereocenters. The molecule has 0 bridgehead atoms. The summed E-state index contributed by atoms with van der Waals surface area (Å²) in [7, 11) is 0. The zero-order valence-electron chi connectivity index (χ0n) is 10.7. The van der Waals surface area contributed by atoms with Crippen LogP contribution in [0.2, 0.25) is 0 Å². The summed E-state index contributed by atoms with van der Waals surface area (Å²) in [6.45, 7) is 8.09. The molecule has 0 aliphatic carbocycles. The summed E-state index contributed by atoms with van der Waals surface area (Å²) in [6.07, 6.45) is 0. The van der Waals surface area contributed by atoms with Gasteiger partial charge in [0.2, 0.25) is 0 Å². The van der Waals surface area contributed by atoms with Crippen LogP contribution in [0.3, 0.4) is 0 Å². The zero-order chi connectivity index (χ0) is 12.3. The largest absolute Gasteiger partial charge is 0.492 e. The van der Waals surface area contributed by atoms with Gasteiger partial charge in [-0.1, -0.05) is 24.6 Å². The molecule has 0 amide bonds. The van der Waals surface area contributed by atoms with Crippen LogP contribution in [0.25, 0.3) is 0 Å². The van der Waals surface area contributed by atoms with E-state index in [1.54, 1.807) is 0 Å². The van der Waals surface area contributed by atoms with E-state index in [-0.39, 0.29) is 0 Å². The second-order valence-electron chi connectivity index (χ2n) is 5.06. The van der Waals surface area contributed by atoms with Gasteiger partial charge >= 0.3 is 0 Å². The quantitative estimate of drug-likeness (QED) is 0.861. The molecule has 0 radical (unpaired) electrons. The molecule has 1 heterocycles. The SMILES string of the molecule is Cc1ccc(OCCN2CC(C)C(N)C2)cc1. The molecule has 94 valence electrons. The van der Waals surface area contributed by atoms with Crippen molar-refractivity contribution in [3.63, 3.8) is 0 Å². The monoisotopic (exact) mass is 234 g/mol. The summed E-state index contributed by atoms with van der Waals surface area (Å²) in [5.74, 6) is 1.56. The number of likely N-dealkylation sites (tertiary alicyclic amines) is 1. The summed E-state index contributed by atoms with van der Waals surface area (Å²) < 4.78 is 5.71. The molecule has 17 heavy (non-hydrogen) atoms. The van der Waals surface area contributed by atoms with Crippen LogP contribution in [0.4, 0.5) is 0 Å². The van der Waals surface area contributed by atoms with Crippen LogP contribution >= 0.6 is 0 Å². The van der Waals surface area contributed by atoms with Crippen molar-refractivity contribution in [2.45, 2.75) is 19.9 Å². The predicted octanol–water partition coefficient (Wildman–Crippen LogP) is 1.65. The number of nitrogens with two attached hydrogens (primary N) is 1. The van der Waals surface area contributed by atoms with E-state index < -0.39 is 0 Å². The first-order valence-electron chi connectivity index (χ1n) is 6.32. The average molecular weight is 234 g/mol. The molecule has 3 nitrogen and oxygen atoms in total. The van der Waals surface area contributed by atoms with Gasteiger partial charge in [0.25, 0.3) is 0 Å². The number of rotatable bonds is 4. The molecule has 1 fully saturated rings. The van der Waals surface area contributed by atoms with Crippen LogP contribution in [-0.2, 0) is 0 Å². The van der Waals surface area contributed by atoms with Gasteiger partial charge in [-0.25, -0.2) is 0 Å². The Morgan fingerprint density at radius 3 is 2.59 bits per heavy atom. The molecule has 2 N–H and O–H groups in total. The van der Waals surface area contributed by atoms with E-state index in [1.807, 2.05) is 12.1 Å². The minimum absolute atomic E-state index is 0.328. The first-order chi connectivity index (χ1) is 8.15. The third-order valence-electron chi connectivity index (χ3n) is 3.44. The number of hydrogen-bond acceptors (Lipinski definition) is 3. The highest BCUT2D eigenvalue weighted by Crippen LogP contribution is 2.15. The van der Waals surface area contributed by atoms with E-state index in [9.17, 15) is 0 Å². The minimum Gasteiger partial charge on any atom is -0.492 e. The van der Waals surface area contributed by atoms with Crippen molar-refractivity contribution in [3.05, 3.63) is 29.8 Å². The van der Waals surface area contributed by atoms with Crippen LogP contribution in [0, 0.1) is 12.8 Å². The fraction of sp³-hybridized carbons (Fsp3) is 0.571. The Kier molecular flexibility index (Phi) is 4.02. The molecule has 0 spiro atoms. The summed E-state index contributed by atoms with van der Waals surface area (Å²) in [4.78, 5) is 2.38. The van der Waals surface area contributed by atoms with Gasteiger partial charge in [0, 0.05) is 25.7 Å². The highest BCUT2D eigenvalue weighted by molar-refractivity contribution is 5.26. The molecule has 3 heteroatoms. The lowest BCUT2D eigenvalue weighted by atomic mass is 10.1. The second kappa shape index (κ2) is 5.52. The van der Waals surface area contributed by atoms with Gasteiger partial charge in [-0.3, -0.25) is 4.90 Å². The molecular formula is C14H22N2O. The van der Waals surface area contributed by atoms with Crippen LogP contribution in [0.5, 0.6) is 5.75 Å². The Morgan fingerprint density at radius 2 is 2.00 bits per heavy atom. The van der Waals surface area contributed by atoms with Crippen molar-refractivity contribution in [1.82, 2.24) is 4.90 Å². The third kappa shape index (κ3) is 3.45. The zero-order valence-corrected chi connectivity index (χ0v) is 10.7.